The number of aliphatic hydroxyl groups is 2. The number of aromatic nitrogens is 2. The zero-order valence-corrected chi connectivity index (χ0v) is 20.9. The van der Waals surface area contributed by atoms with E-state index in [9.17, 15) is 24.6 Å². The van der Waals surface area contributed by atoms with Crippen molar-refractivity contribution in [3.05, 3.63) is 67.5 Å². The molecule has 8 nitrogen and oxygen atoms in total. The summed E-state index contributed by atoms with van der Waals surface area (Å²) in [7, 11) is 0. The van der Waals surface area contributed by atoms with Crippen LogP contribution in [0.4, 0.5) is 0 Å². The highest BCUT2D eigenvalue weighted by Gasteiger charge is 2.54. The maximum Gasteiger partial charge on any atom is 0.330 e. The molecule has 4 aliphatic rings. The van der Waals surface area contributed by atoms with Crippen molar-refractivity contribution in [2.45, 2.75) is 76.2 Å². The summed E-state index contributed by atoms with van der Waals surface area (Å²) in [6.07, 6.45) is 4.85. The monoisotopic (exact) mass is 504 g/mol. The number of rotatable bonds is 2. The number of carbonyl (C=O) groups excluding carboxylic acids is 1. The first kappa shape index (κ1) is 24.4. The van der Waals surface area contributed by atoms with E-state index in [1.807, 2.05) is 6.07 Å². The van der Waals surface area contributed by atoms with Gasteiger partial charge < -0.3 is 14.9 Å². The van der Waals surface area contributed by atoms with Gasteiger partial charge in [0.1, 0.15) is 23.7 Å². The predicted octanol–water partition coefficient (Wildman–Crippen LogP) is 2.00. The number of hydrogen-bond donors (Lipinski definition) is 3. The Morgan fingerprint density at radius 3 is 2.78 bits per heavy atom. The summed E-state index contributed by atoms with van der Waals surface area (Å²) in [6.45, 7) is 1.83. The second-order valence-corrected chi connectivity index (χ2v) is 11.3. The average molecular weight is 505 g/mol. The van der Waals surface area contributed by atoms with Gasteiger partial charge >= 0.3 is 5.69 Å². The maximum absolute atomic E-state index is 12.6. The molecule has 3 fully saturated rings. The minimum atomic E-state index is -0.898. The number of benzene rings is 1. The van der Waals surface area contributed by atoms with Crippen LogP contribution in [0.1, 0.15) is 79.8 Å². The molecule has 1 saturated heterocycles. The Balaban J connectivity index is 1.25. The van der Waals surface area contributed by atoms with Crippen LogP contribution in [-0.2, 0) is 16.0 Å². The molecule has 2 saturated carbocycles. The molecule has 37 heavy (non-hydrogen) atoms. The van der Waals surface area contributed by atoms with E-state index in [-0.39, 0.29) is 24.0 Å². The molecule has 2 heterocycles. The second kappa shape index (κ2) is 9.09. The first-order valence-corrected chi connectivity index (χ1v) is 13.3. The van der Waals surface area contributed by atoms with E-state index < -0.39 is 29.7 Å². The van der Waals surface area contributed by atoms with Crippen LogP contribution in [0.25, 0.3) is 0 Å². The third-order valence-electron chi connectivity index (χ3n) is 9.44. The lowest BCUT2D eigenvalue weighted by molar-refractivity contribution is -0.129. The number of Topliss-reactive ketones (excluding diaryl/α,β-unsaturated/α-hetero) is 1. The van der Waals surface area contributed by atoms with Gasteiger partial charge in [0.05, 0.1) is 12.7 Å². The molecule has 7 atom stereocenters. The molecule has 194 valence electrons. The highest BCUT2D eigenvalue weighted by atomic mass is 16.5. The number of ketones is 1. The predicted molar refractivity (Wildman–Crippen MR) is 135 cm³/mol. The van der Waals surface area contributed by atoms with Gasteiger partial charge in [0, 0.05) is 30.0 Å². The van der Waals surface area contributed by atoms with Crippen molar-refractivity contribution in [1.29, 1.82) is 0 Å². The summed E-state index contributed by atoms with van der Waals surface area (Å²) in [4.78, 5) is 39.6. The lowest BCUT2D eigenvalue weighted by atomic mass is 9.55. The van der Waals surface area contributed by atoms with E-state index in [0.717, 1.165) is 44.1 Å². The molecule has 2 aromatic rings. The van der Waals surface area contributed by atoms with Gasteiger partial charge in [-0.15, -0.1) is 0 Å². The first-order chi connectivity index (χ1) is 17.8. The zero-order valence-electron chi connectivity index (χ0n) is 20.9. The Morgan fingerprint density at radius 1 is 1.16 bits per heavy atom. The summed E-state index contributed by atoms with van der Waals surface area (Å²) in [5.74, 6) is 7.99. The molecule has 1 aromatic heterocycles. The summed E-state index contributed by atoms with van der Waals surface area (Å²) in [5.41, 5.74) is 2.24. The average Bonchev–Trinajstić information content (AvgIpc) is 3.41. The third-order valence-corrected chi connectivity index (χ3v) is 9.44. The topological polar surface area (TPSA) is 122 Å². The minimum absolute atomic E-state index is 0.125. The van der Waals surface area contributed by atoms with Crippen molar-refractivity contribution in [3.8, 4) is 11.8 Å². The van der Waals surface area contributed by atoms with Gasteiger partial charge in [-0.25, -0.2) is 4.79 Å². The van der Waals surface area contributed by atoms with Crippen LogP contribution in [0, 0.1) is 29.1 Å². The summed E-state index contributed by atoms with van der Waals surface area (Å²) < 4.78 is 6.78. The molecule has 1 aromatic carbocycles. The fraction of sp³-hybridized carbons (Fsp3) is 0.552. The number of H-pyrrole nitrogens is 1. The van der Waals surface area contributed by atoms with E-state index >= 15 is 0 Å². The molecule has 6 rings (SSSR count). The molecule has 3 aliphatic carbocycles. The van der Waals surface area contributed by atoms with Crippen molar-refractivity contribution in [3.63, 3.8) is 0 Å². The number of hydrogen-bond acceptors (Lipinski definition) is 6. The van der Waals surface area contributed by atoms with Crippen LogP contribution in [0.3, 0.4) is 0 Å². The van der Waals surface area contributed by atoms with Crippen molar-refractivity contribution in [1.82, 2.24) is 9.55 Å². The Hall–Kier alpha value is -2.99. The molecule has 1 aliphatic heterocycles. The van der Waals surface area contributed by atoms with Crippen LogP contribution in [0.5, 0.6) is 0 Å². The van der Waals surface area contributed by atoms with Gasteiger partial charge in [0.15, 0.2) is 0 Å². The largest absolute Gasteiger partial charge is 0.394 e. The quantitative estimate of drug-likeness (QED) is 0.538. The molecule has 8 heteroatoms. The Labute approximate surface area is 214 Å². The summed E-state index contributed by atoms with van der Waals surface area (Å²) in [6, 6.07) is 6.27. The van der Waals surface area contributed by atoms with Crippen molar-refractivity contribution in [2.75, 3.05) is 6.61 Å². The molecule has 0 unspecified atom stereocenters. The van der Waals surface area contributed by atoms with Crippen LogP contribution in [0.2, 0.25) is 0 Å². The van der Waals surface area contributed by atoms with Gasteiger partial charge in [0.25, 0.3) is 5.56 Å². The highest BCUT2D eigenvalue weighted by molar-refractivity contribution is 5.87. The lowest BCUT2D eigenvalue weighted by Crippen LogP contribution is -2.42. The molecule has 3 N–H and O–H groups in total. The van der Waals surface area contributed by atoms with E-state index in [4.69, 9.17) is 4.74 Å². The summed E-state index contributed by atoms with van der Waals surface area (Å²) >= 11 is 0. The molecular weight excluding hydrogens is 472 g/mol. The first-order valence-electron chi connectivity index (χ1n) is 13.3. The third kappa shape index (κ3) is 4.01. The van der Waals surface area contributed by atoms with E-state index in [2.05, 4.69) is 35.9 Å². The Kier molecular flexibility index (Phi) is 5.98. The van der Waals surface area contributed by atoms with Gasteiger partial charge in [-0.3, -0.25) is 19.1 Å². The van der Waals surface area contributed by atoms with Gasteiger partial charge in [-0.2, -0.15) is 0 Å². The fourth-order valence-electron chi connectivity index (χ4n) is 7.41. The number of nitrogens with one attached hydrogen (secondary N) is 1. The van der Waals surface area contributed by atoms with Crippen LogP contribution in [0.15, 0.2) is 34.0 Å². The number of aryl methyl sites for hydroxylation is 1. The molecule has 0 bridgehead atoms. The minimum Gasteiger partial charge on any atom is -0.394 e. The number of aromatic amines is 1. The molecule has 0 spiro atoms. The van der Waals surface area contributed by atoms with Crippen molar-refractivity contribution >= 4 is 5.78 Å². The van der Waals surface area contributed by atoms with Crippen LogP contribution < -0.4 is 11.2 Å². The number of nitrogens with zero attached hydrogens (tertiary/aromatic N) is 1. The smallest absolute Gasteiger partial charge is 0.330 e. The van der Waals surface area contributed by atoms with Gasteiger partial charge in [-0.1, -0.05) is 24.8 Å². The molecule has 0 amide bonds. The van der Waals surface area contributed by atoms with Crippen molar-refractivity contribution < 1.29 is 19.7 Å². The fourth-order valence-corrected chi connectivity index (χ4v) is 7.41. The number of ether oxygens (including phenoxy) is 1. The zero-order chi connectivity index (χ0) is 25.9. The van der Waals surface area contributed by atoms with Crippen molar-refractivity contribution in [2.24, 2.45) is 17.3 Å². The Bertz CT molecular complexity index is 1430. The van der Waals surface area contributed by atoms with E-state index in [1.165, 1.54) is 21.9 Å². The maximum atomic E-state index is 12.6. The second-order valence-electron chi connectivity index (χ2n) is 11.3. The van der Waals surface area contributed by atoms with Gasteiger partial charge in [0.2, 0.25) is 0 Å². The number of carbonyl (C=O) groups is 1. The Morgan fingerprint density at radius 2 is 2.00 bits per heavy atom. The lowest BCUT2D eigenvalue weighted by Gasteiger charge is -2.48. The van der Waals surface area contributed by atoms with E-state index in [1.54, 1.807) is 0 Å². The van der Waals surface area contributed by atoms with Crippen LogP contribution in [-0.4, -0.2) is 44.4 Å². The highest BCUT2D eigenvalue weighted by Crippen LogP contribution is 2.59. The SMILES string of the molecule is C[C@]12CC[C@@H]3c4ccc(C#Cc5cn([C@H]6C[C@H](O)[C@@H](CO)O6)c(=O)[nH]c5=O)cc4CC[C@H]3[C@@H]1CCC2=O. The van der Waals surface area contributed by atoms with Crippen LogP contribution >= 0.6 is 0 Å². The standard InChI is InChI=1S/C29H32N2O6/c1-29-11-10-20-19-6-3-16(12-17(19)5-7-21(20)22(29)8-9-25(29)34)2-4-18-14-31(28(36)30-27(18)35)26-13-23(33)24(15-32)37-26/h3,6,12,14,20-24,26,32-33H,5,7-11,13,15H2,1H3,(H,30,35,36)/t20-,21-,22+,23+,24-,26-,29+/m1/s1. The molecular formula is C29H32N2O6. The normalized spacial score (nSPS) is 34.3. The number of aliphatic hydroxyl groups excluding tert-OH is 2. The summed E-state index contributed by atoms with van der Waals surface area (Å²) in [5, 5.41) is 19.3. The molecule has 0 radical (unpaired) electrons. The number of fused-ring (bicyclic) bond motifs is 5. The van der Waals surface area contributed by atoms with E-state index in [0.29, 0.717) is 23.5 Å². The van der Waals surface area contributed by atoms with Gasteiger partial charge in [-0.05, 0) is 73.1 Å².